The number of pyridine rings is 1. The van der Waals surface area contributed by atoms with Crippen molar-refractivity contribution in [2.24, 2.45) is 5.92 Å². The number of anilines is 2. The lowest BCUT2D eigenvalue weighted by Gasteiger charge is -2.22. The predicted molar refractivity (Wildman–Crippen MR) is 112 cm³/mol. The van der Waals surface area contributed by atoms with Gasteiger partial charge in [0.15, 0.2) is 0 Å². The number of aromatic nitrogens is 3. The Morgan fingerprint density at radius 1 is 1.14 bits per heavy atom. The third kappa shape index (κ3) is 5.41. The Morgan fingerprint density at radius 2 is 1.96 bits per heavy atom. The molecule has 3 heterocycles. The van der Waals surface area contributed by atoms with Crippen LogP contribution < -0.4 is 10.2 Å². The molecule has 0 aliphatic carbocycles. The first-order chi connectivity index (χ1) is 13.7. The summed E-state index contributed by atoms with van der Waals surface area (Å²) in [5.41, 5.74) is 0.636. The van der Waals surface area contributed by atoms with Crippen molar-refractivity contribution in [1.29, 1.82) is 0 Å². The molecule has 1 atom stereocenters. The number of hydrogen-bond donors (Lipinski definition) is 1. The average molecular weight is 383 g/mol. The van der Waals surface area contributed by atoms with Crippen molar-refractivity contribution in [3.63, 3.8) is 0 Å². The molecular weight excluding hydrogens is 352 g/mol. The van der Waals surface area contributed by atoms with E-state index in [1.54, 1.807) is 18.6 Å². The number of amides is 1. The highest BCUT2D eigenvalue weighted by Crippen LogP contribution is 2.14. The summed E-state index contributed by atoms with van der Waals surface area (Å²) in [6.07, 6.45) is 8.38. The van der Waals surface area contributed by atoms with E-state index in [1.165, 1.54) is 6.42 Å². The van der Waals surface area contributed by atoms with Gasteiger partial charge in [-0.15, -0.1) is 0 Å². The summed E-state index contributed by atoms with van der Waals surface area (Å²) in [7, 11) is 0. The second kappa shape index (κ2) is 10.0. The van der Waals surface area contributed by atoms with E-state index in [0.717, 1.165) is 50.8 Å². The molecule has 1 aliphatic heterocycles. The van der Waals surface area contributed by atoms with Crippen molar-refractivity contribution in [2.75, 3.05) is 42.9 Å². The fraction of sp³-hybridized carbons (Fsp3) is 0.524. The van der Waals surface area contributed by atoms with Crippen LogP contribution in [0.3, 0.4) is 0 Å². The zero-order chi connectivity index (χ0) is 19.8. The molecule has 0 spiro atoms. The van der Waals surface area contributed by atoms with Gasteiger partial charge in [-0.25, -0.2) is 15.0 Å². The van der Waals surface area contributed by atoms with Gasteiger partial charge in [-0.2, -0.15) is 0 Å². The van der Waals surface area contributed by atoms with Crippen LogP contribution in [0.2, 0.25) is 0 Å². The van der Waals surface area contributed by atoms with Gasteiger partial charge in [-0.1, -0.05) is 20.3 Å². The number of carbonyl (C=O) groups is 1. The third-order valence-corrected chi connectivity index (χ3v) is 5.27. The molecule has 2 aromatic rings. The van der Waals surface area contributed by atoms with E-state index in [-0.39, 0.29) is 5.91 Å². The zero-order valence-corrected chi connectivity index (χ0v) is 16.8. The summed E-state index contributed by atoms with van der Waals surface area (Å²) in [6.45, 7) is 8.34. The van der Waals surface area contributed by atoms with Crippen LogP contribution in [0, 0.1) is 5.92 Å². The smallest absolute Gasteiger partial charge is 0.255 e. The van der Waals surface area contributed by atoms with Crippen LogP contribution in [-0.2, 0) is 0 Å². The van der Waals surface area contributed by atoms with E-state index in [1.807, 2.05) is 23.1 Å². The van der Waals surface area contributed by atoms with Gasteiger partial charge in [-0.3, -0.25) is 4.79 Å². The fourth-order valence-corrected chi connectivity index (χ4v) is 3.23. The van der Waals surface area contributed by atoms with Gasteiger partial charge in [0.05, 0.1) is 5.56 Å². The van der Waals surface area contributed by atoms with Gasteiger partial charge in [0.1, 0.15) is 5.82 Å². The molecule has 1 fully saturated rings. The standard InChI is InChI=1S/C21H30N6O/c1-3-17(2)8-11-22-19-7-6-18(16-25-19)20(28)26-12-5-13-27(15-14-26)21-23-9-4-10-24-21/h4,6-7,9-10,16-17H,3,5,8,11-15H2,1-2H3,(H,22,25)/t17-/m0/s1. The van der Waals surface area contributed by atoms with Crippen LogP contribution in [0.15, 0.2) is 36.8 Å². The van der Waals surface area contributed by atoms with Crippen LogP contribution in [0.5, 0.6) is 0 Å². The van der Waals surface area contributed by atoms with Crippen molar-refractivity contribution < 1.29 is 4.79 Å². The maximum absolute atomic E-state index is 12.9. The Hall–Kier alpha value is -2.70. The lowest BCUT2D eigenvalue weighted by Crippen LogP contribution is -2.35. The Balaban J connectivity index is 1.53. The van der Waals surface area contributed by atoms with E-state index in [2.05, 4.69) is 39.0 Å². The SMILES string of the molecule is CC[C@H](C)CCNc1ccc(C(=O)N2CCCN(c3ncccn3)CC2)cn1. The zero-order valence-electron chi connectivity index (χ0n) is 16.8. The number of nitrogens with one attached hydrogen (secondary N) is 1. The molecule has 0 bridgehead atoms. The van der Waals surface area contributed by atoms with Crippen LogP contribution in [0.25, 0.3) is 0 Å². The summed E-state index contributed by atoms with van der Waals surface area (Å²) in [6, 6.07) is 5.57. The molecule has 2 aromatic heterocycles. The Bertz CT molecular complexity index is 736. The molecule has 1 aliphatic rings. The number of hydrogen-bond acceptors (Lipinski definition) is 6. The highest BCUT2D eigenvalue weighted by atomic mass is 16.2. The number of rotatable bonds is 7. The molecule has 0 radical (unpaired) electrons. The summed E-state index contributed by atoms with van der Waals surface area (Å²) in [4.78, 5) is 29.9. The Kier molecular flexibility index (Phi) is 7.17. The minimum atomic E-state index is 0.0366. The predicted octanol–water partition coefficient (Wildman–Crippen LogP) is 3.07. The van der Waals surface area contributed by atoms with Gasteiger partial charge >= 0.3 is 0 Å². The lowest BCUT2D eigenvalue weighted by atomic mass is 10.1. The minimum absolute atomic E-state index is 0.0366. The average Bonchev–Trinajstić information content (AvgIpc) is 3.00. The molecule has 1 amide bonds. The summed E-state index contributed by atoms with van der Waals surface area (Å²) >= 11 is 0. The van der Waals surface area contributed by atoms with Crippen molar-refractivity contribution >= 4 is 17.7 Å². The van der Waals surface area contributed by atoms with E-state index < -0.39 is 0 Å². The Morgan fingerprint density at radius 3 is 2.68 bits per heavy atom. The lowest BCUT2D eigenvalue weighted by molar-refractivity contribution is 0.0766. The maximum Gasteiger partial charge on any atom is 0.255 e. The van der Waals surface area contributed by atoms with Crippen LogP contribution in [0.4, 0.5) is 11.8 Å². The first-order valence-electron chi connectivity index (χ1n) is 10.2. The van der Waals surface area contributed by atoms with Crippen LogP contribution in [0.1, 0.15) is 43.5 Å². The molecule has 3 rings (SSSR count). The molecule has 0 aromatic carbocycles. The third-order valence-electron chi connectivity index (χ3n) is 5.27. The highest BCUT2D eigenvalue weighted by Gasteiger charge is 2.21. The normalized spacial score (nSPS) is 15.8. The van der Waals surface area contributed by atoms with Crippen molar-refractivity contribution in [1.82, 2.24) is 19.9 Å². The van der Waals surface area contributed by atoms with Gasteiger partial charge in [-0.05, 0) is 37.0 Å². The molecule has 0 saturated carbocycles. The van der Waals surface area contributed by atoms with Gasteiger partial charge in [0, 0.05) is 51.3 Å². The molecule has 28 heavy (non-hydrogen) atoms. The fourth-order valence-electron chi connectivity index (χ4n) is 3.23. The molecule has 7 heteroatoms. The number of carbonyl (C=O) groups excluding carboxylic acids is 1. The van der Waals surface area contributed by atoms with E-state index in [4.69, 9.17) is 0 Å². The minimum Gasteiger partial charge on any atom is -0.370 e. The summed E-state index contributed by atoms with van der Waals surface area (Å²) in [5, 5.41) is 3.33. The van der Waals surface area contributed by atoms with Gasteiger partial charge < -0.3 is 15.1 Å². The summed E-state index contributed by atoms with van der Waals surface area (Å²) < 4.78 is 0. The second-order valence-corrected chi connectivity index (χ2v) is 7.34. The molecule has 0 unspecified atom stereocenters. The molecule has 150 valence electrons. The van der Waals surface area contributed by atoms with Crippen molar-refractivity contribution in [3.8, 4) is 0 Å². The second-order valence-electron chi connectivity index (χ2n) is 7.34. The van der Waals surface area contributed by atoms with E-state index in [9.17, 15) is 4.79 Å². The largest absolute Gasteiger partial charge is 0.370 e. The van der Waals surface area contributed by atoms with Crippen molar-refractivity contribution in [2.45, 2.75) is 33.1 Å². The molecular formula is C21H30N6O. The topological polar surface area (TPSA) is 74.2 Å². The first-order valence-corrected chi connectivity index (χ1v) is 10.2. The summed E-state index contributed by atoms with van der Waals surface area (Å²) in [5.74, 6) is 2.29. The molecule has 7 nitrogen and oxygen atoms in total. The number of nitrogens with zero attached hydrogens (tertiary/aromatic N) is 5. The van der Waals surface area contributed by atoms with Crippen molar-refractivity contribution in [3.05, 3.63) is 42.4 Å². The van der Waals surface area contributed by atoms with Crippen LogP contribution >= 0.6 is 0 Å². The molecule has 1 N–H and O–H groups in total. The monoisotopic (exact) mass is 382 g/mol. The Labute approximate surface area is 167 Å². The highest BCUT2D eigenvalue weighted by molar-refractivity contribution is 5.94. The van der Waals surface area contributed by atoms with E-state index >= 15 is 0 Å². The first kappa shape index (κ1) is 20.0. The van der Waals surface area contributed by atoms with Gasteiger partial charge in [0.2, 0.25) is 5.95 Å². The maximum atomic E-state index is 12.9. The van der Waals surface area contributed by atoms with E-state index in [0.29, 0.717) is 18.0 Å². The van der Waals surface area contributed by atoms with Crippen LogP contribution in [-0.4, -0.2) is 58.5 Å². The molecule has 1 saturated heterocycles. The quantitative estimate of drug-likeness (QED) is 0.793. The van der Waals surface area contributed by atoms with Gasteiger partial charge in [0.25, 0.3) is 5.91 Å².